The van der Waals surface area contributed by atoms with Crippen LogP contribution in [0.2, 0.25) is 0 Å². The van der Waals surface area contributed by atoms with Crippen LogP contribution in [-0.2, 0) is 6.42 Å². The molecule has 1 atom stereocenters. The van der Waals surface area contributed by atoms with Crippen molar-refractivity contribution in [1.29, 1.82) is 0 Å². The molecule has 2 aromatic heterocycles. The molecule has 1 N–H and O–H groups in total. The van der Waals surface area contributed by atoms with Gasteiger partial charge in [0.15, 0.2) is 0 Å². The molecule has 3 heteroatoms. The van der Waals surface area contributed by atoms with Crippen molar-refractivity contribution in [2.45, 2.75) is 19.4 Å². The predicted molar refractivity (Wildman–Crippen MR) is 77.2 cm³/mol. The second kappa shape index (κ2) is 5.14. The minimum atomic E-state index is 0.300. The van der Waals surface area contributed by atoms with E-state index in [0.717, 1.165) is 28.8 Å². The van der Waals surface area contributed by atoms with E-state index in [1.807, 2.05) is 36.5 Å². The Hall–Kier alpha value is -2.29. The van der Waals surface area contributed by atoms with E-state index in [2.05, 4.69) is 29.4 Å². The first-order chi connectivity index (χ1) is 9.31. The van der Waals surface area contributed by atoms with Crippen LogP contribution in [0.1, 0.15) is 12.7 Å². The van der Waals surface area contributed by atoms with Gasteiger partial charge in [-0.1, -0.05) is 18.2 Å². The fourth-order valence-electron chi connectivity index (χ4n) is 2.22. The van der Waals surface area contributed by atoms with Crippen molar-refractivity contribution >= 4 is 16.6 Å². The van der Waals surface area contributed by atoms with Crippen LogP contribution >= 0.6 is 0 Å². The molecule has 0 amide bonds. The van der Waals surface area contributed by atoms with Gasteiger partial charge in [0.25, 0.3) is 0 Å². The maximum Gasteiger partial charge on any atom is 0.105 e. The van der Waals surface area contributed by atoms with Crippen molar-refractivity contribution in [1.82, 2.24) is 4.98 Å². The predicted octanol–water partition coefficient (Wildman–Crippen LogP) is 3.87. The quantitative estimate of drug-likeness (QED) is 0.766. The Morgan fingerprint density at radius 1 is 1.21 bits per heavy atom. The van der Waals surface area contributed by atoms with Gasteiger partial charge in [0.05, 0.1) is 23.7 Å². The Bertz CT molecular complexity index is 661. The van der Waals surface area contributed by atoms with E-state index in [9.17, 15) is 0 Å². The molecule has 0 fully saturated rings. The first kappa shape index (κ1) is 11.8. The van der Waals surface area contributed by atoms with Gasteiger partial charge in [-0.05, 0) is 31.2 Å². The number of fused-ring (bicyclic) bond motifs is 1. The number of benzene rings is 1. The highest BCUT2D eigenvalue weighted by atomic mass is 16.3. The second-order valence-corrected chi connectivity index (χ2v) is 4.75. The van der Waals surface area contributed by atoms with E-state index in [1.165, 1.54) is 0 Å². The number of hydrogen-bond donors (Lipinski definition) is 1. The number of rotatable bonds is 4. The number of nitrogens with zero attached hydrogens (tertiary/aromatic N) is 1. The third-order valence-corrected chi connectivity index (χ3v) is 3.09. The average Bonchev–Trinajstić information content (AvgIpc) is 2.91. The molecule has 19 heavy (non-hydrogen) atoms. The number of pyridine rings is 1. The van der Waals surface area contributed by atoms with Crippen molar-refractivity contribution in [2.75, 3.05) is 5.32 Å². The van der Waals surface area contributed by atoms with Crippen molar-refractivity contribution < 1.29 is 4.42 Å². The zero-order valence-corrected chi connectivity index (χ0v) is 10.8. The Kier molecular flexibility index (Phi) is 3.19. The average molecular weight is 252 g/mol. The molecular weight excluding hydrogens is 236 g/mol. The molecule has 0 aliphatic rings. The van der Waals surface area contributed by atoms with Crippen LogP contribution in [0.25, 0.3) is 10.9 Å². The lowest BCUT2D eigenvalue weighted by Crippen LogP contribution is -2.17. The van der Waals surface area contributed by atoms with E-state index < -0.39 is 0 Å². The van der Waals surface area contributed by atoms with Gasteiger partial charge in [0.2, 0.25) is 0 Å². The van der Waals surface area contributed by atoms with Crippen LogP contribution in [0.4, 0.5) is 5.69 Å². The summed E-state index contributed by atoms with van der Waals surface area (Å²) in [6.07, 6.45) is 4.44. The van der Waals surface area contributed by atoms with Crippen molar-refractivity contribution in [2.24, 2.45) is 0 Å². The van der Waals surface area contributed by atoms with Crippen LogP contribution in [0.15, 0.2) is 59.3 Å². The molecule has 1 unspecified atom stereocenters. The van der Waals surface area contributed by atoms with Crippen LogP contribution in [0.3, 0.4) is 0 Å². The van der Waals surface area contributed by atoms with Gasteiger partial charge in [0, 0.05) is 17.8 Å². The molecule has 2 heterocycles. The van der Waals surface area contributed by atoms with Gasteiger partial charge < -0.3 is 9.73 Å². The maximum atomic E-state index is 5.36. The molecule has 0 saturated carbocycles. The van der Waals surface area contributed by atoms with Crippen LogP contribution in [-0.4, -0.2) is 11.0 Å². The number of nitrogens with one attached hydrogen (secondary N) is 1. The fraction of sp³-hybridized carbons (Fsp3) is 0.188. The summed E-state index contributed by atoms with van der Waals surface area (Å²) >= 11 is 0. The highest BCUT2D eigenvalue weighted by molar-refractivity contribution is 5.81. The maximum absolute atomic E-state index is 5.36. The molecule has 3 aromatic rings. The molecule has 0 radical (unpaired) electrons. The van der Waals surface area contributed by atoms with Gasteiger partial charge >= 0.3 is 0 Å². The molecule has 1 aromatic carbocycles. The van der Waals surface area contributed by atoms with Crippen molar-refractivity contribution in [3.05, 3.63) is 60.7 Å². The highest BCUT2D eigenvalue weighted by Crippen LogP contribution is 2.17. The number of para-hydroxylation sites is 1. The molecule has 0 aliphatic heterocycles. The van der Waals surface area contributed by atoms with Crippen LogP contribution in [0.5, 0.6) is 0 Å². The molecule has 3 nitrogen and oxygen atoms in total. The molecule has 0 aliphatic carbocycles. The third-order valence-electron chi connectivity index (χ3n) is 3.09. The largest absolute Gasteiger partial charge is 0.469 e. The van der Waals surface area contributed by atoms with Crippen molar-refractivity contribution in [3.63, 3.8) is 0 Å². The van der Waals surface area contributed by atoms with E-state index in [4.69, 9.17) is 4.42 Å². The second-order valence-electron chi connectivity index (χ2n) is 4.75. The minimum Gasteiger partial charge on any atom is -0.469 e. The van der Waals surface area contributed by atoms with Crippen molar-refractivity contribution in [3.8, 4) is 0 Å². The summed E-state index contributed by atoms with van der Waals surface area (Å²) in [5.41, 5.74) is 2.06. The number of anilines is 1. The Balaban J connectivity index is 1.73. The van der Waals surface area contributed by atoms with Crippen LogP contribution < -0.4 is 5.32 Å². The summed E-state index contributed by atoms with van der Waals surface area (Å²) < 4.78 is 5.36. The molecular formula is C16H16N2O. The molecule has 0 saturated heterocycles. The number of furan rings is 1. The van der Waals surface area contributed by atoms with Gasteiger partial charge in [0.1, 0.15) is 5.76 Å². The Labute approximate surface area is 112 Å². The van der Waals surface area contributed by atoms with E-state index in [-0.39, 0.29) is 0 Å². The number of hydrogen-bond acceptors (Lipinski definition) is 3. The highest BCUT2D eigenvalue weighted by Gasteiger charge is 2.06. The topological polar surface area (TPSA) is 38.1 Å². The molecule has 3 rings (SSSR count). The molecule has 0 bridgehead atoms. The zero-order chi connectivity index (χ0) is 13.1. The summed E-state index contributed by atoms with van der Waals surface area (Å²) in [5.74, 6) is 0.994. The third kappa shape index (κ3) is 2.76. The Morgan fingerprint density at radius 2 is 2.11 bits per heavy atom. The lowest BCUT2D eigenvalue weighted by atomic mass is 10.1. The van der Waals surface area contributed by atoms with E-state index in [1.54, 1.807) is 6.26 Å². The Morgan fingerprint density at radius 3 is 2.95 bits per heavy atom. The lowest BCUT2D eigenvalue weighted by Gasteiger charge is -2.14. The first-order valence-corrected chi connectivity index (χ1v) is 6.45. The van der Waals surface area contributed by atoms with E-state index in [0.29, 0.717) is 6.04 Å². The van der Waals surface area contributed by atoms with Gasteiger partial charge in [-0.3, -0.25) is 4.98 Å². The minimum absolute atomic E-state index is 0.300. The molecule has 96 valence electrons. The van der Waals surface area contributed by atoms with E-state index >= 15 is 0 Å². The lowest BCUT2D eigenvalue weighted by molar-refractivity contribution is 0.498. The summed E-state index contributed by atoms with van der Waals surface area (Å²) in [6, 6.07) is 14.5. The number of aromatic nitrogens is 1. The summed E-state index contributed by atoms with van der Waals surface area (Å²) in [4.78, 5) is 4.45. The summed E-state index contributed by atoms with van der Waals surface area (Å²) in [5, 5.41) is 4.60. The van der Waals surface area contributed by atoms with Gasteiger partial charge in [-0.2, -0.15) is 0 Å². The normalized spacial score (nSPS) is 12.5. The summed E-state index contributed by atoms with van der Waals surface area (Å²) in [7, 11) is 0. The monoisotopic (exact) mass is 252 g/mol. The zero-order valence-electron chi connectivity index (χ0n) is 10.8. The standard InChI is InChI=1S/C16H16N2O/c1-12(9-15-6-4-8-19-15)18-14-10-13-5-2-3-7-16(13)17-11-14/h2-8,10-12,18H,9H2,1H3. The SMILES string of the molecule is CC(Cc1ccco1)Nc1cnc2ccccc2c1. The van der Waals surface area contributed by atoms with Gasteiger partial charge in [-0.25, -0.2) is 0 Å². The first-order valence-electron chi connectivity index (χ1n) is 6.45. The summed E-state index contributed by atoms with van der Waals surface area (Å²) in [6.45, 7) is 2.14. The van der Waals surface area contributed by atoms with Crippen LogP contribution in [0, 0.1) is 0 Å². The fourth-order valence-corrected chi connectivity index (χ4v) is 2.22. The van der Waals surface area contributed by atoms with Gasteiger partial charge in [-0.15, -0.1) is 0 Å². The molecule has 0 spiro atoms. The smallest absolute Gasteiger partial charge is 0.105 e.